The maximum atomic E-state index is 6.17. The molecule has 1 saturated carbocycles. The molecular formula is C13H22OSi. The van der Waals surface area contributed by atoms with Gasteiger partial charge < -0.3 is 4.43 Å². The Balaban J connectivity index is 2.24. The molecule has 0 radical (unpaired) electrons. The summed E-state index contributed by atoms with van der Waals surface area (Å²) in [7, 11) is -1.46. The molecule has 2 heteroatoms. The maximum absolute atomic E-state index is 6.17. The molecule has 0 saturated heterocycles. The van der Waals surface area contributed by atoms with Gasteiger partial charge in [-0.1, -0.05) is 20.4 Å². The van der Waals surface area contributed by atoms with Crippen molar-refractivity contribution in [1.29, 1.82) is 0 Å². The van der Waals surface area contributed by atoms with Crippen LogP contribution in [-0.4, -0.2) is 8.32 Å². The Bertz CT molecular complexity index is 333. The summed E-state index contributed by atoms with van der Waals surface area (Å²) in [4.78, 5) is 0. The van der Waals surface area contributed by atoms with E-state index in [4.69, 9.17) is 4.43 Å². The number of rotatable bonds is 2. The molecule has 0 amide bonds. The average molecular weight is 222 g/mol. The number of hydrogen-bond donors (Lipinski definition) is 0. The summed E-state index contributed by atoms with van der Waals surface area (Å²) in [5, 5.41) is 0. The van der Waals surface area contributed by atoms with Crippen LogP contribution in [0.1, 0.15) is 20.3 Å². The van der Waals surface area contributed by atoms with Gasteiger partial charge in [-0.3, -0.25) is 0 Å². The lowest BCUT2D eigenvalue weighted by Crippen LogP contribution is -2.50. The summed E-state index contributed by atoms with van der Waals surface area (Å²) in [6, 6.07) is 0. The van der Waals surface area contributed by atoms with Gasteiger partial charge in [0.2, 0.25) is 8.32 Å². The predicted molar refractivity (Wildman–Crippen MR) is 67.0 cm³/mol. The highest BCUT2D eigenvalue weighted by molar-refractivity contribution is 6.70. The predicted octanol–water partition coefficient (Wildman–Crippen LogP) is 3.95. The van der Waals surface area contributed by atoms with Crippen LogP contribution in [-0.2, 0) is 4.43 Å². The summed E-state index contributed by atoms with van der Waals surface area (Å²) in [5.41, 5.74) is 1.65. The van der Waals surface area contributed by atoms with Crippen LogP contribution in [0, 0.1) is 17.3 Å². The third-order valence-electron chi connectivity index (χ3n) is 3.81. The van der Waals surface area contributed by atoms with E-state index >= 15 is 0 Å². The first-order chi connectivity index (χ1) is 6.72. The van der Waals surface area contributed by atoms with Gasteiger partial charge in [0.1, 0.15) is 0 Å². The number of allylic oxidation sites excluding steroid dienone is 3. The van der Waals surface area contributed by atoms with Crippen LogP contribution in [0.3, 0.4) is 0 Å². The molecule has 0 unspecified atom stereocenters. The molecular weight excluding hydrogens is 200 g/mol. The minimum atomic E-state index is -1.46. The first kappa shape index (κ1) is 11.0. The largest absolute Gasteiger partial charge is 0.547 e. The first-order valence-corrected chi connectivity index (χ1v) is 9.22. The standard InChI is InChI=1S/C13H22OSi/c1-9-7-12(14-15(4,5)6)11-8-10(9)13(11,2)3/h7,10-11H,1,8H2,2-6H3/t10-,11+/m1/s1. The molecule has 2 bridgehead atoms. The zero-order chi connectivity index (χ0) is 11.4. The molecule has 3 aliphatic rings. The second-order valence-corrected chi connectivity index (χ2v) is 10.9. The van der Waals surface area contributed by atoms with Crippen LogP contribution in [0.4, 0.5) is 0 Å². The van der Waals surface area contributed by atoms with Gasteiger partial charge in [-0.2, -0.15) is 0 Å². The quantitative estimate of drug-likeness (QED) is 0.643. The molecule has 1 nitrogen and oxygen atoms in total. The van der Waals surface area contributed by atoms with E-state index in [9.17, 15) is 0 Å². The third kappa shape index (κ3) is 1.69. The zero-order valence-corrected chi connectivity index (χ0v) is 11.6. The van der Waals surface area contributed by atoms with Crippen molar-refractivity contribution in [3.8, 4) is 0 Å². The molecule has 0 N–H and O–H groups in total. The second-order valence-electron chi connectivity index (χ2n) is 6.50. The molecule has 0 spiro atoms. The lowest BCUT2D eigenvalue weighted by molar-refractivity contribution is -0.00247. The van der Waals surface area contributed by atoms with E-state index in [0.29, 0.717) is 17.3 Å². The van der Waals surface area contributed by atoms with Crippen molar-refractivity contribution in [2.75, 3.05) is 0 Å². The van der Waals surface area contributed by atoms with Gasteiger partial charge in [0, 0.05) is 5.92 Å². The molecule has 0 aromatic heterocycles. The Morgan fingerprint density at radius 1 is 1.33 bits per heavy atom. The van der Waals surface area contributed by atoms with Gasteiger partial charge in [0.05, 0.1) is 5.76 Å². The van der Waals surface area contributed by atoms with Gasteiger partial charge in [-0.15, -0.1) is 0 Å². The van der Waals surface area contributed by atoms with Crippen molar-refractivity contribution >= 4 is 8.32 Å². The number of hydrogen-bond acceptors (Lipinski definition) is 1. The van der Waals surface area contributed by atoms with Crippen molar-refractivity contribution in [2.24, 2.45) is 17.3 Å². The van der Waals surface area contributed by atoms with Crippen LogP contribution in [0.25, 0.3) is 0 Å². The minimum Gasteiger partial charge on any atom is -0.547 e. The molecule has 0 aliphatic heterocycles. The number of fused-ring (bicyclic) bond motifs is 1. The van der Waals surface area contributed by atoms with Gasteiger partial charge in [-0.05, 0) is 49.0 Å². The summed E-state index contributed by atoms with van der Waals surface area (Å²) < 4.78 is 6.17. The maximum Gasteiger partial charge on any atom is 0.241 e. The molecule has 3 rings (SSSR count). The van der Waals surface area contributed by atoms with Gasteiger partial charge in [0.25, 0.3) is 0 Å². The van der Waals surface area contributed by atoms with Gasteiger partial charge in [0.15, 0.2) is 0 Å². The van der Waals surface area contributed by atoms with Crippen LogP contribution in [0.2, 0.25) is 19.6 Å². The molecule has 0 heterocycles. The van der Waals surface area contributed by atoms with Crippen LogP contribution in [0.15, 0.2) is 24.0 Å². The van der Waals surface area contributed by atoms with E-state index in [1.165, 1.54) is 17.8 Å². The SMILES string of the molecule is C=C1C=C(O[Si](C)(C)C)[C@@H]2C[C@H]1C2(C)C. The highest BCUT2D eigenvalue weighted by Gasteiger charge is 2.54. The molecule has 15 heavy (non-hydrogen) atoms. The Hall–Kier alpha value is -0.503. The fourth-order valence-electron chi connectivity index (χ4n) is 2.88. The highest BCUT2D eigenvalue weighted by Crippen LogP contribution is 2.61. The van der Waals surface area contributed by atoms with E-state index in [1.807, 2.05) is 0 Å². The van der Waals surface area contributed by atoms with Gasteiger partial charge in [-0.25, -0.2) is 0 Å². The highest BCUT2D eigenvalue weighted by atomic mass is 28.4. The molecule has 0 aromatic carbocycles. The van der Waals surface area contributed by atoms with Crippen LogP contribution in [0.5, 0.6) is 0 Å². The molecule has 2 atom stereocenters. The van der Waals surface area contributed by atoms with Crippen molar-refractivity contribution < 1.29 is 4.43 Å². The zero-order valence-electron chi connectivity index (χ0n) is 10.6. The smallest absolute Gasteiger partial charge is 0.241 e. The van der Waals surface area contributed by atoms with Crippen LogP contribution >= 0.6 is 0 Å². The lowest BCUT2D eigenvalue weighted by atomic mass is 9.49. The van der Waals surface area contributed by atoms with E-state index in [2.05, 4.69) is 46.1 Å². The van der Waals surface area contributed by atoms with Crippen molar-refractivity contribution in [2.45, 2.75) is 39.9 Å². The average Bonchev–Trinajstić information content (AvgIpc) is 1.98. The monoisotopic (exact) mass is 222 g/mol. The Labute approximate surface area is 94.3 Å². The molecule has 0 aromatic rings. The molecule has 3 aliphatic carbocycles. The van der Waals surface area contributed by atoms with Crippen molar-refractivity contribution in [1.82, 2.24) is 0 Å². The summed E-state index contributed by atoms with van der Waals surface area (Å²) >= 11 is 0. The third-order valence-corrected chi connectivity index (χ3v) is 4.66. The minimum absolute atomic E-state index is 0.376. The lowest BCUT2D eigenvalue weighted by Gasteiger charge is -2.57. The van der Waals surface area contributed by atoms with E-state index < -0.39 is 8.32 Å². The Morgan fingerprint density at radius 2 is 1.93 bits per heavy atom. The van der Waals surface area contributed by atoms with Crippen molar-refractivity contribution in [3.05, 3.63) is 24.0 Å². The van der Waals surface area contributed by atoms with Crippen LogP contribution < -0.4 is 0 Å². The topological polar surface area (TPSA) is 9.23 Å². The van der Waals surface area contributed by atoms with E-state index in [1.54, 1.807) is 0 Å². The summed E-state index contributed by atoms with van der Waals surface area (Å²) in [6.45, 7) is 15.6. The Morgan fingerprint density at radius 3 is 2.33 bits per heavy atom. The molecule has 84 valence electrons. The summed E-state index contributed by atoms with van der Waals surface area (Å²) in [5.74, 6) is 2.54. The van der Waals surface area contributed by atoms with E-state index in [-0.39, 0.29) is 0 Å². The fourth-order valence-corrected chi connectivity index (χ4v) is 3.78. The van der Waals surface area contributed by atoms with E-state index in [0.717, 1.165) is 0 Å². The fraction of sp³-hybridized carbons (Fsp3) is 0.692. The normalized spacial score (nSPS) is 33.1. The first-order valence-electron chi connectivity index (χ1n) is 5.81. The Kier molecular flexibility index (Phi) is 2.20. The summed E-state index contributed by atoms with van der Waals surface area (Å²) in [6.07, 6.45) is 3.45. The van der Waals surface area contributed by atoms with Crippen molar-refractivity contribution in [3.63, 3.8) is 0 Å². The second kappa shape index (κ2) is 3.00. The van der Waals surface area contributed by atoms with Gasteiger partial charge >= 0.3 is 0 Å². The molecule has 1 fully saturated rings.